The van der Waals surface area contributed by atoms with Crippen LogP contribution in [-0.4, -0.2) is 12.8 Å². The van der Waals surface area contributed by atoms with Gasteiger partial charge in [-0.2, -0.15) is 5.26 Å². The number of hydrogen-bond acceptors (Lipinski definition) is 3. The lowest BCUT2D eigenvalue weighted by atomic mass is 10.0. The molecule has 0 aliphatic heterocycles. The van der Waals surface area contributed by atoms with Gasteiger partial charge in [-0.15, -0.1) is 0 Å². The zero-order chi connectivity index (χ0) is 13.0. The van der Waals surface area contributed by atoms with Crippen LogP contribution < -0.4 is 4.74 Å². The topological polar surface area (TPSA) is 56.9 Å². The summed E-state index contributed by atoms with van der Waals surface area (Å²) in [6, 6.07) is 4.99. The van der Waals surface area contributed by atoms with Gasteiger partial charge in [0.25, 0.3) is 0 Å². The molecular weight excluding hydrogens is 236 g/mol. The van der Waals surface area contributed by atoms with Crippen LogP contribution in [0.2, 0.25) is 5.02 Å². The SMILES string of the molecule is C=CC(=C)C(=N)c1cc(C#N)c(Cl)cc1OC. The molecule has 0 radical (unpaired) electrons. The summed E-state index contributed by atoms with van der Waals surface area (Å²) in [5, 5.41) is 17.1. The molecular formula is C13H11ClN2O. The lowest BCUT2D eigenvalue weighted by Gasteiger charge is -2.11. The van der Waals surface area contributed by atoms with Crippen molar-refractivity contribution in [3.8, 4) is 11.8 Å². The van der Waals surface area contributed by atoms with Crippen LogP contribution in [0.15, 0.2) is 36.9 Å². The largest absolute Gasteiger partial charge is 0.496 e. The van der Waals surface area contributed by atoms with Crippen LogP contribution in [-0.2, 0) is 0 Å². The smallest absolute Gasteiger partial charge is 0.129 e. The molecule has 0 aliphatic rings. The minimum atomic E-state index is 0.157. The van der Waals surface area contributed by atoms with Crippen LogP contribution in [0.25, 0.3) is 0 Å². The Labute approximate surface area is 105 Å². The van der Waals surface area contributed by atoms with E-state index in [0.29, 0.717) is 27.5 Å². The van der Waals surface area contributed by atoms with Crippen molar-refractivity contribution in [3.63, 3.8) is 0 Å². The molecule has 3 nitrogen and oxygen atoms in total. The summed E-state index contributed by atoms with van der Waals surface area (Å²) in [5.74, 6) is 0.432. The Morgan fingerprint density at radius 1 is 1.59 bits per heavy atom. The standard InChI is InChI=1S/C13H11ClN2O/c1-4-8(2)13(16)10-5-9(7-15)11(14)6-12(10)17-3/h4-6,16H,1-2H2,3H3. The van der Waals surface area contributed by atoms with E-state index in [1.807, 2.05) is 6.07 Å². The molecule has 0 aliphatic carbocycles. The number of nitriles is 1. The van der Waals surface area contributed by atoms with Gasteiger partial charge in [0.1, 0.15) is 11.8 Å². The van der Waals surface area contributed by atoms with Gasteiger partial charge in [0.05, 0.1) is 23.4 Å². The fourth-order valence-electron chi connectivity index (χ4n) is 1.28. The van der Waals surface area contributed by atoms with Gasteiger partial charge >= 0.3 is 0 Å². The van der Waals surface area contributed by atoms with Crippen molar-refractivity contribution in [1.82, 2.24) is 0 Å². The molecule has 1 rings (SSSR count). The van der Waals surface area contributed by atoms with Crippen LogP contribution in [0.3, 0.4) is 0 Å². The molecule has 0 atom stereocenters. The predicted molar refractivity (Wildman–Crippen MR) is 68.9 cm³/mol. The normalized spacial score (nSPS) is 9.24. The Morgan fingerprint density at radius 2 is 2.24 bits per heavy atom. The van der Waals surface area contributed by atoms with Gasteiger partial charge in [-0.1, -0.05) is 30.8 Å². The third-order valence-electron chi connectivity index (χ3n) is 2.25. The number of benzene rings is 1. The van der Waals surface area contributed by atoms with E-state index in [-0.39, 0.29) is 5.71 Å². The lowest BCUT2D eigenvalue weighted by molar-refractivity contribution is 0.414. The summed E-state index contributed by atoms with van der Waals surface area (Å²) in [7, 11) is 1.48. The Kier molecular flexibility index (Phi) is 4.08. The van der Waals surface area contributed by atoms with Crippen molar-refractivity contribution < 1.29 is 4.74 Å². The number of halogens is 1. The Balaban J connectivity index is 3.41. The average Bonchev–Trinajstić information content (AvgIpc) is 2.36. The average molecular weight is 247 g/mol. The predicted octanol–water partition coefficient (Wildman–Crippen LogP) is 3.33. The highest BCUT2D eigenvalue weighted by Gasteiger charge is 2.14. The van der Waals surface area contributed by atoms with Crippen molar-refractivity contribution in [2.24, 2.45) is 0 Å². The molecule has 0 unspecified atom stereocenters. The number of ether oxygens (including phenoxy) is 1. The minimum Gasteiger partial charge on any atom is -0.496 e. The fourth-order valence-corrected chi connectivity index (χ4v) is 1.48. The van der Waals surface area contributed by atoms with E-state index >= 15 is 0 Å². The molecule has 0 saturated carbocycles. The molecule has 1 aromatic carbocycles. The van der Waals surface area contributed by atoms with Gasteiger partial charge in [0.15, 0.2) is 0 Å². The molecule has 0 aromatic heterocycles. The van der Waals surface area contributed by atoms with Gasteiger partial charge in [-0.3, -0.25) is 5.41 Å². The van der Waals surface area contributed by atoms with Crippen molar-refractivity contribution in [3.05, 3.63) is 53.1 Å². The van der Waals surface area contributed by atoms with Crippen molar-refractivity contribution in [2.45, 2.75) is 0 Å². The second-order valence-electron chi connectivity index (χ2n) is 3.25. The van der Waals surface area contributed by atoms with E-state index in [0.717, 1.165) is 0 Å². The summed E-state index contributed by atoms with van der Waals surface area (Å²) in [6.07, 6.45) is 1.47. The zero-order valence-electron chi connectivity index (χ0n) is 9.38. The van der Waals surface area contributed by atoms with E-state index < -0.39 is 0 Å². The van der Waals surface area contributed by atoms with Gasteiger partial charge in [0, 0.05) is 11.6 Å². The molecule has 17 heavy (non-hydrogen) atoms. The molecule has 0 bridgehead atoms. The summed E-state index contributed by atoms with van der Waals surface area (Å²) in [4.78, 5) is 0. The molecule has 1 N–H and O–H groups in total. The third-order valence-corrected chi connectivity index (χ3v) is 2.56. The first kappa shape index (κ1) is 13.0. The van der Waals surface area contributed by atoms with Crippen LogP contribution in [0.1, 0.15) is 11.1 Å². The first-order valence-electron chi connectivity index (χ1n) is 4.73. The first-order chi connectivity index (χ1) is 8.04. The first-order valence-corrected chi connectivity index (χ1v) is 5.11. The van der Waals surface area contributed by atoms with Crippen LogP contribution in [0.5, 0.6) is 5.75 Å². The molecule has 0 heterocycles. The number of hydrogen-bond donors (Lipinski definition) is 1. The number of nitrogens with one attached hydrogen (secondary N) is 1. The molecule has 0 spiro atoms. The quantitative estimate of drug-likeness (QED) is 0.654. The zero-order valence-corrected chi connectivity index (χ0v) is 10.1. The maximum atomic E-state index is 8.90. The second kappa shape index (κ2) is 5.33. The van der Waals surface area contributed by atoms with E-state index in [1.165, 1.54) is 25.3 Å². The highest BCUT2D eigenvalue weighted by atomic mass is 35.5. The van der Waals surface area contributed by atoms with Gasteiger partial charge in [-0.05, 0) is 11.6 Å². The monoisotopic (exact) mass is 246 g/mol. The van der Waals surface area contributed by atoms with E-state index in [1.54, 1.807) is 0 Å². The van der Waals surface area contributed by atoms with Gasteiger partial charge in [-0.25, -0.2) is 0 Å². The van der Waals surface area contributed by atoms with Crippen LogP contribution in [0, 0.1) is 16.7 Å². The van der Waals surface area contributed by atoms with E-state index in [4.69, 9.17) is 27.0 Å². The molecule has 0 saturated heterocycles. The molecule has 4 heteroatoms. The minimum absolute atomic E-state index is 0.157. The molecule has 0 fully saturated rings. The number of nitrogens with zero attached hydrogens (tertiary/aromatic N) is 1. The maximum Gasteiger partial charge on any atom is 0.129 e. The molecule has 0 amide bonds. The van der Waals surface area contributed by atoms with Gasteiger partial charge < -0.3 is 4.74 Å². The number of methoxy groups -OCH3 is 1. The maximum absolute atomic E-state index is 8.90. The molecule has 1 aromatic rings. The third kappa shape index (κ3) is 2.55. The Morgan fingerprint density at radius 3 is 2.71 bits per heavy atom. The highest BCUT2D eigenvalue weighted by molar-refractivity contribution is 6.32. The summed E-state index contributed by atoms with van der Waals surface area (Å²) in [6.45, 7) is 7.24. The Hall–Kier alpha value is -2.05. The van der Waals surface area contributed by atoms with Crippen LogP contribution in [0.4, 0.5) is 0 Å². The summed E-state index contributed by atoms with van der Waals surface area (Å²) < 4.78 is 5.13. The van der Waals surface area contributed by atoms with Crippen molar-refractivity contribution in [1.29, 1.82) is 10.7 Å². The highest BCUT2D eigenvalue weighted by Crippen LogP contribution is 2.28. The number of allylic oxidation sites excluding steroid dienone is 2. The summed E-state index contributed by atoms with van der Waals surface area (Å²) in [5.41, 5.74) is 1.38. The van der Waals surface area contributed by atoms with Gasteiger partial charge in [0.2, 0.25) is 0 Å². The number of rotatable bonds is 4. The van der Waals surface area contributed by atoms with Crippen molar-refractivity contribution >= 4 is 17.3 Å². The van der Waals surface area contributed by atoms with E-state index in [2.05, 4.69) is 13.2 Å². The molecule has 86 valence electrons. The lowest BCUT2D eigenvalue weighted by Crippen LogP contribution is -2.04. The Bertz CT molecular complexity index is 541. The fraction of sp³-hybridized carbons (Fsp3) is 0.0769. The second-order valence-corrected chi connectivity index (χ2v) is 3.66. The van der Waals surface area contributed by atoms with E-state index in [9.17, 15) is 0 Å². The van der Waals surface area contributed by atoms with Crippen LogP contribution >= 0.6 is 11.6 Å². The van der Waals surface area contributed by atoms with Crippen molar-refractivity contribution in [2.75, 3.05) is 7.11 Å². The summed E-state index contributed by atoms with van der Waals surface area (Å²) >= 11 is 5.88.